The first-order valence-corrected chi connectivity index (χ1v) is 6.41. The van der Waals surface area contributed by atoms with Crippen LogP contribution < -0.4 is 5.32 Å². The second kappa shape index (κ2) is 6.44. The van der Waals surface area contributed by atoms with E-state index in [0.717, 1.165) is 0 Å². The maximum Gasteiger partial charge on any atom is 0.422 e. The topological polar surface area (TPSA) is 75.6 Å². The molecule has 0 spiro atoms. The van der Waals surface area contributed by atoms with Crippen LogP contribution in [0, 0.1) is 0 Å². The summed E-state index contributed by atoms with van der Waals surface area (Å²) in [5.41, 5.74) is -0.511. The molecular weight excluding hydrogens is 415 g/mol. The lowest BCUT2D eigenvalue weighted by atomic mass is 10.2. The molecule has 0 bridgehead atoms. The van der Waals surface area contributed by atoms with Crippen LogP contribution in [-0.4, -0.2) is 30.0 Å². The van der Waals surface area contributed by atoms with Crippen LogP contribution >= 0.6 is 31.9 Å². The van der Waals surface area contributed by atoms with Gasteiger partial charge in [-0.25, -0.2) is 9.59 Å². The van der Waals surface area contributed by atoms with E-state index in [4.69, 9.17) is 5.11 Å². The van der Waals surface area contributed by atoms with Crippen molar-refractivity contribution in [2.24, 2.45) is 0 Å². The Morgan fingerprint density at radius 1 is 1.30 bits per heavy atom. The third kappa shape index (κ3) is 5.00. The summed E-state index contributed by atoms with van der Waals surface area (Å²) in [7, 11) is 0. The number of carbonyl (C=O) groups is 2. The molecule has 20 heavy (non-hydrogen) atoms. The Morgan fingerprint density at radius 3 is 2.40 bits per heavy atom. The fraction of sp³-hybridized carbons (Fsp3) is 0.200. The Balaban J connectivity index is 2.92. The standard InChI is InChI=1S/C10H6Br2F3NO4/c11-4-1-5(8(17)18)7(6(12)2-4)16-9(19)20-3-10(13,14)15/h1-2H,3H2,(H,16,19)(H,17,18). The fourth-order valence-corrected chi connectivity index (χ4v) is 2.48. The van der Waals surface area contributed by atoms with Gasteiger partial charge in [-0.2, -0.15) is 13.2 Å². The average molecular weight is 421 g/mol. The first-order chi connectivity index (χ1) is 9.10. The summed E-state index contributed by atoms with van der Waals surface area (Å²) in [6, 6.07) is 2.61. The zero-order chi connectivity index (χ0) is 15.5. The number of carboxylic acids is 1. The Bertz CT molecular complexity index is 548. The van der Waals surface area contributed by atoms with Gasteiger partial charge in [0.25, 0.3) is 0 Å². The number of hydrogen-bond acceptors (Lipinski definition) is 3. The van der Waals surface area contributed by atoms with E-state index < -0.39 is 24.8 Å². The number of alkyl halides is 3. The van der Waals surface area contributed by atoms with Crippen LogP contribution in [-0.2, 0) is 4.74 Å². The Hall–Kier alpha value is -1.29. The van der Waals surface area contributed by atoms with Crippen LogP contribution in [0.2, 0.25) is 0 Å². The molecule has 0 heterocycles. The van der Waals surface area contributed by atoms with Crippen LogP contribution in [0.15, 0.2) is 21.1 Å². The smallest absolute Gasteiger partial charge is 0.422 e. The molecule has 0 saturated carbocycles. The van der Waals surface area contributed by atoms with Gasteiger partial charge in [0.1, 0.15) is 0 Å². The Labute approximate surface area is 127 Å². The monoisotopic (exact) mass is 419 g/mol. The number of hydrogen-bond donors (Lipinski definition) is 2. The van der Waals surface area contributed by atoms with Crippen LogP contribution in [0.25, 0.3) is 0 Å². The van der Waals surface area contributed by atoms with Crippen molar-refractivity contribution >= 4 is 49.6 Å². The zero-order valence-electron chi connectivity index (χ0n) is 9.42. The minimum atomic E-state index is -4.66. The number of carbonyl (C=O) groups excluding carboxylic acids is 1. The SMILES string of the molecule is O=C(Nc1c(Br)cc(Br)cc1C(=O)O)OCC(F)(F)F. The highest BCUT2D eigenvalue weighted by molar-refractivity contribution is 9.11. The highest BCUT2D eigenvalue weighted by Crippen LogP contribution is 2.31. The second-order valence-electron chi connectivity index (χ2n) is 3.43. The van der Waals surface area contributed by atoms with Gasteiger partial charge in [0.05, 0.1) is 11.3 Å². The van der Waals surface area contributed by atoms with Crippen molar-refractivity contribution in [2.45, 2.75) is 6.18 Å². The molecule has 0 saturated heterocycles. The average Bonchev–Trinajstić information content (AvgIpc) is 2.28. The molecule has 0 radical (unpaired) electrons. The maximum atomic E-state index is 11.9. The van der Waals surface area contributed by atoms with Crippen LogP contribution in [0.1, 0.15) is 10.4 Å². The first-order valence-electron chi connectivity index (χ1n) is 4.83. The van der Waals surface area contributed by atoms with Gasteiger partial charge in [0.2, 0.25) is 0 Å². The molecule has 2 N–H and O–H groups in total. The molecule has 5 nitrogen and oxygen atoms in total. The predicted octanol–water partition coefficient (Wildman–Crippen LogP) is 4.02. The Morgan fingerprint density at radius 2 is 1.90 bits per heavy atom. The van der Waals surface area contributed by atoms with E-state index in [9.17, 15) is 22.8 Å². The molecule has 1 aromatic carbocycles. The zero-order valence-corrected chi connectivity index (χ0v) is 12.6. The summed E-state index contributed by atoms with van der Waals surface area (Å²) in [6.45, 7) is -1.77. The van der Waals surface area contributed by atoms with Crippen molar-refractivity contribution in [3.05, 3.63) is 26.6 Å². The fourth-order valence-electron chi connectivity index (χ4n) is 1.15. The minimum absolute atomic E-state index is 0.174. The van der Waals surface area contributed by atoms with E-state index in [2.05, 4.69) is 36.6 Å². The number of ether oxygens (including phenoxy) is 1. The number of anilines is 1. The van der Waals surface area contributed by atoms with E-state index in [0.29, 0.717) is 4.47 Å². The molecule has 1 aromatic rings. The van der Waals surface area contributed by atoms with Crippen molar-refractivity contribution in [3.63, 3.8) is 0 Å². The molecule has 1 amide bonds. The summed E-state index contributed by atoms with van der Waals surface area (Å²) in [4.78, 5) is 22.2. The summed E-state index contributed by atoms with van der Waals surface area (Å²) >= 11 is 6.05. The van der Waals surface area contributed by atoms with Gasteiger partial charge < -0.3 is 9.84 Å². The van der Waals surface area contributed by atoms with Crippen LogP contribution in [0.5, 0.6) is 0 Å². The number of carboxylic acid groups (broad SMARTS) is 1. The molecule has 0 aromatic heterocycles. The van der Waals surface area contributed by atoms with E-state index in [1.807, 2.05) is 5.32 Å². The summed E-state index contributed by atoms with van der Waals surface area (Å²) in [5.74, 6) is -1.36. The van der Waals surface area contributed by atoms with E-state index in [1.165, 1.54) is 12.1 Å². The lowest BCUT2D eigenvalue weighted by Gasteiger charge is -2.12. The molecule has 10 heteroatoms. The quantitative estimate of drug-likeness (QED) is 0.774. The molecule has 0 fully saturated rings. The highest BCUT2D eigenvalue weighted by Gasteiger charge is 2.30. The van der Waals surface area contributed by atoms with Gasteiger partial charge in [-0.15, -0.1) is 0 Å². The Kier molecular flexibility index (Phi) is 5.40. The van der Waals surface area contributed by atoms with Crippen molar-refractivity contribution < 1.29 is 32.6 Å². The van der Waals surface area contributed by atoms with Crippen molar-refractivity contribution in [1.82, 2.24) is 0 Å². The second-order valence-corrected chi connectivity index (χ2v) is 5.20. The molecule has 1 rings (SSSR count). The number of benzene rings is 1. The normalized spacial score (nSPS) is 11.1. The summed E-state index contributed by atoms with van der Waals surface area (Å²) < 4.78 is 40.2. The number of rotatable bonds is 3. The number of aromatic carboxylic acids is 1. The molecule has 0 aliphatic heterocycles. The van der Waals surface area contributed by atoms with Crippen LogP contribution in [0.4, 0.5) is 23.7 Å². The van der Waals surface area contributed by atoms with Crippen molar-refractivity contribution in [1.29, 1.82) is 0 Å². The van der Waals surface area contributed by atoms with Crippen molar-refractivity contribution in [2.75, 3.05) is 11.9 Å². The van der Waals surface area contributed by atoms with Gasteiger partial charge in [0, 0.05) is 8.95 Å². The number of amides is 1. The summed E-state index contributed by atoms with van der Waals surface area (Å²) in [6.07, 6.45) is -6.07. The largest absolute Gasteiger partial charge is 0.478 e. The molecule has 0 aliphatic rings. The third-order valence-electron chi connectivity index (χ3n) is 1.88. The van der Waals surface area contributed by atoms with Gasteiger partial charge in [-0.05, 0) is 28.1 Å². The van der Waals surface area contributed by atoms with Gasteiger partial charge in [-0.3, -0.25) is 5.32 Å². The minimum Gasteiger partial charge on any atom is -0.478 e. The van der Waals surface area contributed by atoms with Gasteiger partial charge in [0.15, 0.2) is 6.61 Å². The number of nitrogens with one attached hydrogen (secondary N) is 1. The third-order valence-corrected chi connectivity index (χ3v) is 2.96. The van der Waals surface area contributed by atoms with E-state index in [1.54, 1.807) is 0 Å². The maximum absolute atomic E-state index is 11.9. The number of halogens is 5. The molecule has 0 aliphatic carbocycles. The van der Waals surface area contributed by atoms with Gasteiger partial charge in [-0.1, -0.05) is 15.9 Å². The summed E-state index contributed by atoms with van der Waals surface area (Å²) in [5, 5.41) is 10.9. The predicted molar refractivity (Wildman–Crippen MR) is 69.8 cm³/mol. The van der Waals surface area contributed by atoms with Crippen LogP contribution in [0.3, 0.4) is 0 Å². The highest BCUT2D eigenvalue weighted by atomic mass is 79.9. The molecule has 110 valence electrons. The van der Waals surface area contributed by atoms with E-state index in [-0.39, 0.29) is 15.7 Å². The molecular formula is C10H6Br2F3NO4. The molecule has 0 atom stereocenters. The van der Waals surface area contributed by atoms with Gasteiger partial charge >= 0.3 is 18.2 Å². The van der Waals surface area contributed by atoms with E-state index >= 15 is 0 Å². The lowest BCUT2D eigenvalue weighted by Crippen LogP contribution is -2.24. The first kappa shape index (κ1) is 16.8. The lowest BCUT2D eigenvalue weighted by molar-refractivity contribution is -0.159. The molecule has 0 unspecified atom stereocenters. The van der Waals surface area contributed by atoms with Crippen molar-refractivity contribution in [3.8, 4) is 0 Å².